The molecule has 0 fully saturated rings. The Kier molecular flexibility index (Phi) is 6.95. The van der Waals surface area contributed by atoms with E-state index in [-0.39, 0.29) is 11.8 Å². The van der Waals surface area contributed by atoms with Crippen LogP contribution in [0.15, 0.2) is 35.6 Å². The second-order valence-corrected chi connectivity index (χ2v) is 8.62. The quantitative estimate of drug-likeness (QED) is 0.620. The molecule has 1 atom stereocenters. The van der Waals surface area contributed by atoms with Crippen LogP contribution in [-0.2, 0) is 16.1 Å². The number of carbonyl (C=O) groups is 2. The van der Waals surface area contributed by atoms with Gasteiger partial charge in [-0.05, 0) is 31.8 Å². The number of nitrogens with zero attached hydrogens (tertiary/aromatic N) is 6. The molecule has 0 saturated carbocycles. The number of rotatable bonds is 0. The van der Waals surface area contributed by atoms with Gasteiger partial charge in [-0.2, -0.15) is 0 Å². The molecule has 4 rings (SSSR count). The van der Waals surface area contributed by atoms with Crippen LogP contribution < -0.4 is 10.6 Å². The number of fused-ring (bicyclic) bond motifs is 2. The summed E-state index contributed by atoms with van der Waals surface area (Å²) < 4.78 is 0. The van der Waals surface area contributed by atoms with E-state index in [0.29, 0.717) is 43.4 Å². The minimum absolute atomic E-state index is 0.0882. The third-order valence-electron chi connectivity index (χ3n) is 5.89. The van der Waals surface area contributed by atoms with E-state index in [2.05, 4.69) is 30.5 Å². The van der Waals surface area contributed by atoms with Crippen molar-refractivity contribution in [1.82, 2.24) is 24.7 Å². The standard InChI is InChI=1S/C23H30N8O2/c1-29-8-7-24-21-20-18(23(33)28-22(20)27-15-26-21)12-25-17-6-4-5-16(11-17)13-30(2)14-19(32)31(3)10-9-29/h4-6,11-12,15,18H,7-10,13-14H2,1-3H3,(H2,24,26,27,28,33). The third kappa shape index (κ3) is 5.52. The Bertz CT molecular complexity index is 1060. The van der Waals surface area contributed by atoms with Crippen LogP contribution in [0.3, 0.4) is 0 Å². The molecule has 1 aromatic heterocycles. The number of nitrogens with one attached hydrogen (secondary N) is 2. The van der Waals surface area contributed by atoms with Crippen LogP contribution in [-0.4, -0.2) is 96.6 Å². The van der Waals surface area contributed by atoms with Crippen LogP contribution in [0.2, 0.25) is 0 Å². The van der Waals surface area contributed by atoms with Gasteiger partial charge in [-0.15, -0.1) is 0 Å². The Hall–Kier alpha value is -3.37. The van der Waals surface area contributed by atoms with E-state index in [4.69, 9.17) is 0 Å². The zero-order chi connectivity index (χ0) is 23.4. The molecule has 0 saturated heterocycles. The molecule has 1 unspecified atom stereocenters. The first-order chi connectivity index (χ1) is 15.9. The lowest BCUT2D eigenvalue weighted by molar-refractivity contribution is -0.131. The normalized spacial score (nSPS) is 20.9. The highest BCUT2D eigenvalue weighted by molar-refractivity contribution is 6.13. The van der Waals surface area contributed by atoms with Gasteiger partial charge in [-0.3, -0.25) is 19.5 Å². The fraction of sp³-hybridized carbons (Fsp3) is 0.435. The van der Waals surface area contributed by atoms with Gasteiger partial charge in [-0.25, -0.2) is 9.97 Å². The molecule has 0 radical (unpaired) electrons. The molecule has 3 heterocycles. The first kappa shape index (κ1) is 22.8. The minimum Gasteiger partial charge on any atom is -0.368 e. The Morgan fingerprint density at radius 3 is 2.64 bits per heavy atom. The summed E-state index contributed by atoms with van der Waals surface area (Å²) in [6.07, 6.45) is 3.10. The maximum Gasteiger partial charge on any atom is 0.238 e. The molecule has 2 aliphatic heterocycles. The van der Waals surface area contributed by atoms with Crippen LogP contribution >= 0.6 is 0 Å². The lowest BCUT2D eigenvalue weighted by atomic mass is 10.0. The monoisotopic (exact) mass is 450 g/mol. The van der Waals surface area contributed by atoms with Gasteiger partial charge in [0.15, 0.2) is 0 Å². The first-order valence-corrected chi connectivity index (χ1v) is 11.0. The van der Waals surface area contributed by atoms with E-state index < -0.39 is 5.92 Å². The Labute approximate surface area is 193 Å². The molecule has 10 nitrogen and oxygen atoms in total. The van der Waals surface area contributed by atoms with Crippen molar-refractivity contribution in [1.29, 1.82) is 0 Å². The third-order valence-corrected chi connectivity index (χ3v) is 5.89. The summed E-state index contributed by atoms with van der Waals surface area (Å²) in [5.74, 6) is 0.497. The fourth-order valence-electron chi connectivity index (χ4n) is 3.94. The second kappa shape index (κ2) is 10.1. The van der Waals surface area contributed by atoms with Gasteiger partial charge in [-0.1, -0.05) is 12.1 Å². The van der Waals surface area contributed by atoms with Crippen molar-refractivity contribution in [3.63, 3.8) is 0 Å². The Balaban J connectivity index is 1.63. The zero-order valence-electron chi connectivity index (χ0n) is 19.3. The predicted molar refractivity (Wildman–Crippen MR) is 128 cm³/mol. The number of benzene rings is 1. The van der Waals surface area contributed by atoms with Crippen molar-refractivity contribution < 1.29 is 9.59 Å². The molecule has 0 aliphatic carbocycles. The molecule has 33 heavy (non-hydrogen) atoms. The number of aliphatic imine (C=N–C) groups is 1. The Morgan fingerprint density at radius 2 is 1.79 bits per heavy atom. The predicted octanol–water partition coefficient (Wildman–Crippen LogP) is 1.16. The number of aromatic nitrogens is 2. The smallest absolute Gasteiger partial charge is 0.238 e. The van der Waals surface area contributed by atoms with Crippen LogP contribution in [0.5, 0.6) is 0 Å². The number of carbonyl (C=O) groups excluding carboxylic acids is 2. The van der Waals surface area contributed by atoms with E-state index in [1.807, 2.05) is 50.3 Å². The SMILES string of the molecule is CN1CCNc2ncnc3c2C(C=Nc2cccc(c2)CN(C)CC(=O)N(C)CC1)C(=O)N3. The average Bonchev–Trinajstić information content (AvgIpc) is 3.11. The number of amides is 2. The summed E-state index contributed by atoms with van der Waals surface area (Å²) in [5, 5.41) is 6.17. The lowest BCUT2D eigenvalue weighted by Gasteiger charge is -2.24. The van der Waals surface area contributed by atoms with E-state index in [0.717, 1.165) is 24.3 Å². The topological polar surface area (TPSA) is 106 Å². The van der Waals surface area contributed by atoms with Gasteiger partial charge in [0.25, 0.3) is 0 Å². The van der Waals surface area contributed by atoms with Gasteiger partial charge >= 0.3 is 0 Å². The van der Waals surface area contributed by atoms with Gasteiger partial charge in [0, 0.05) is 46.0 Å². The van der Waals surface area contributed by atoms with E-state index in [1.165, 1.54) is 6.33 Å². The van der Waals surface area contributed by atoms with E-state index in [1.54, 1.807) is 11.1 Å². The number of hydrogen-bond donors (Lipinski definition) is 2. The van der Waals surface area contributed by atoms with Crippen molar-refractivity contribution in [2.45, 2.75) is 12.5 Å². The fourth-order valence-corrected chi connectivity index (χ4v) is 3.94. The van der Waals surface area contributed by atoms with Gasteiger partial charge in [0.2, 0.25) is 11.8 Å². The maximum atomic E-state index is 12.6. The average molecular weight is 451 g/mol. The summed E-state index contributed by atoms with van der Waals surface area (Å²) in [7, 11) is 5.80. The Morgan fingerprint density at radius 1 is 0.970 bits per heavy atom. The minimum atomic E-state index is -0.568. The largest absolute Gasteiger partial charge is 0.368 e. The van der Waals surface area contributed by atoms with E-state index >= 15 is 0 Å². The van der Waals surface area contributed by atoms with Crippen LogP contribution in [0, 0.1) is 0 Å². The molecule has 1 aromatic carbocycles. The molecule has 2 amide bonds. The molecular formula is C23H30N8O2. The molecule has 10 heteroatoms. The number of likely N-dealkylation sites (N-methyl/N-ethyl adjacent to an activating group) is 3. The maximum absolute atomic E-state index is 12.6. The molecule has 2 bridgehead atoms. The van der Waals surface area contributed by atoms with Gasteiger partial charge in [0.1, 0.15) is 23.9 Å². The molecule has 0 spiro atoms. The molecular weight excluding hydrogens is 420 g/mol. The molecule has 2 aromatic rings. The van der Waals surface area contributed by atoms with Gasteiger partial charge < -0.3 is 20.4 Å². The highest BCUT2D eigenvalue weighted by atomic mass is 16.2. The van der Waals surface area contributed by atoms with Crippen molar-refractivity contribution in [2.24, 2.45) is 4.99 Å². The zero-order valence-corrected chi connectivity index (χ0v) is 19.3. The summed E-state index contributed by atoms with van der Waals surface area (Å²) >= 11 is 0. The van der Waals surface area contributed by atoms with Crippen molar-refractivity contribution >= 4 is 35.4 Å². The second-order valence-electron chi connectivity index (χ2n) is 8.62. The number of anilines is 2. The van der Waals surface area contributed by atoms with Gasteiger partial charge in [0.05, 0.1) is 17.8 Å². The van der Waals surface area contributed by atoms with Crippen LogP contribution in [0.4, 0.5) is 17.3 Å². The van der Waals surface area contributed by atoms with Crippen molar-refractivity contribution in [2.75, 3.05) is 64.5 Å². The van der Waals surface area contributed by atoms with Crippen molar-refractivity contribution in [3.8, 4) is 0 Å². The number of hydrogen-bond acceptors (Lipinski definition) is 8. The highest BCUT2D eigenvalue weighted by Gasteiger charge is 2.33. The molecule has 174 valence electrons. The molecule has 2 N–H and O–H groups in total. The van der Waals surface area contributed by atoms with Crippen LogP contribution in [0.25, 0.3) is 0 Å². The summed E-state index contributed by atoms with van der Waals surface area (Å²) in [6.45, 7) is 3.77. The molecule has 2 aliphatic rings. The summed E-state index contributed by atoms with van der Waals surface area (Å²) in [4.78, 5) is 44.4. The summed E-state index contributed by atoms with van der Waals surface area (Å²) in [5.41, 5.74) is 2.51. The first-order valence-electron chi connectivity index (χ1n) is 11.0. The van der Waals surface area contributed by atoms with Crippen molar-refractivity contribution in [3.05, 3.63) is 41.7 Å². The van der Waals surface area contributed by atoms with Crippen LogP contribution in [0.1, 0.15) is 17.0 Å². The highest BCUT2D eigenvalue weighted by Crippen LogP contribution is 2.34. The lowest BCUT2D eigenvalue weighted by Crippen LogP contribution is -2.40. The summed E-state index contributed by atoms with van der Waals surface area (Å²) in [6, 6.07) is 7.81. The van der Waals surface area contributed by atoms with E-state index in [9.17, 15) is 9.59 Å².